The van der Waals surface area contributed by atoms with Gasteiger partial charge in [0.05, 0.1) is 0 Å². The van der Waals surface area contributed by atoms with Gasteiger partial charge in [0.2, 0.25) is 0 Å². The van der Waals surface area contributed by atoms with Gasteiger partial charge in [0.25, 0.3) is 0 Å². The van der Waals surface area contributed by atoms with Crippen LogP contribution in [0.15, 0.2) is 0 Å². The van der Waals surface area contributed by atoms with Gasteiger partial charge in [0.15, 0.2) is 11.1 Å². The molecule has 0 aliphatic rings. The van der Waals surface area contributed by atoms with Gasteiger partial charge in [-0.05, 0) is 6.42 Å². The molecule has 0 saturated carbocycles. The largest absolute Gasteiger partial charge is 1.00 e. The van der Waals surface area contributed by atoms with Crippen molar-refractivity contribution in [2.45, 2.75) is 13.3 Å². The van der Waals surface area contributed by atoms with Crippen LogP contribution < -0.4 is 51.4 Å². The van der Waals surface area contributed by atoms with Gasteiger partial charge in [-0.15, -0.1) is 0 Å². The van der Waals surface area contributed by atoms with Gasteiger partial charge in [-0.25, -0.2) is 4.21 Å². The van der Waals surface area contributed by atoms with Crippen LogP contribution in [-0.2, 0) is 11.1 Å². The second-order valence-electron chi connectivity index (χ2n) is 1.03. The fraction of sp³-hybridized carbons (Fsp3) is 1.00. The summed E-state index contributed by atoms with van der Waals surface area (Å²) in [5.74, 6) is 0.403. The molecule has 0 radical (unpaired) electrons. The summed E-state index contributed by atoms with van der Waals surface area (Å²) in [6.45, 7) is 1.87. The van der Waals surface area contributed by atoms with Crippen LogP contribution in [0.3, 0.4) is 0 Å². The molecule has 0 amide bonds. The third-order valence-corrected chi connectivity index (χ3v) is 1.14. The Morgan fingerprint density at radius 2 is 2.29 bits per heavy atom. The first-order chi connectivity index (χ1) is 2.77. The molecular weight excluding hydrogens is 139 g/mol. The molecule has 0 aliphatic carbocycles. The van der Waals surface area contributed by atoms with Crippen LogP contribution in [-0.4, -0.2) is 14.5 Å². The molecule has 0 spiro atoms. The second-order valence-corrected chi connectivity index (χ2v) is 2.08. The van der Waals surface area contributed by atoms with Gasteiger partial charge in [-0.3, -0.25) is 0 Å². The van der Waals surface area contributed by atoms with Crippen LogP contribution in [0.25, 0.3) is 0 Å². The average Bonchev–Trinajstić information content (AvgIpc) is 1.35. The summed E-state index contributed by atoms with van der Waals surface area (Å²) >= 11 is -1.57. The molecule has 1 atom stereocenters. The van der Waals surface area contributed by atoms with Gasteiger partial charge in [0, 0.05) is 5.75 Å². The molecule has 7 heavy (non-hydrogen) atoms. The zero-order valence-electron chi connectivity index (χ0n) is 5.68. The molecule has 1 unspecified atom stereocenters. The van der Waals surface area contributed by atoms with Crippen molar-refractivity contribution in [2.24, 2.45) is 0 Å². The van der Waals surface area contributed by atoms with E-state index in [0.717, 1.165) is 6.42 Å². The first-order valence-electron chi connectivity index (χ1n) is 1.85. The molecule has 0 saturated heterocycles. The third-order valence-electron chi connectivity index (χ3n) is 0.379. The van der Waals surface area contributed by atoms with Crippen molar-refractivity contribution < 1.29 is 61.6 Å². The molecule has 0 aromatic carbocycles. The second kappa shape index (κ2) is 7.75. The fourth-order valence-electron chi connectivity index (χ4n) is 0.175. The van der Waals surface area contributed by atoms with E-state index in [1.54, 1.807) is 0 Å². The van der Waals surface area contributed by atoms with Gasteiger partial charge in [-0.1, -0.05) is 6.92 Å². The standard InChI is InChI=1S/C3H8O2S.K.H/c1-2-3-6(4)5;;/h2-3H2,1H3,(H,4,5);;/q;+1;-1. The Morgan fingerprint density at radius 3 is 2.29 bits per heavy atom. The van der Waals surface area contributed by atoms with Crippen molar-refractivity contribution in [3.8, 4) is 0 Å². The Hall–Kier alpha value is 1.75. The average molecular weight is 148 g/mol. The van der Waals surface area contributed by atoms with Crippen LogP contribution in [0.1, 0.15) is 14.8 Å². The Morgan fingerprint density at radius 1 is 1.86 bits per heavy atom. The molecule has 0 rings (SSSR count). The first kappa shape index (κ1) is 11.5. The van der Waals surface area contributed by atoms with E-state index in [1.807, 2.05) is 6.92 Å². The van der Waals surface area contributed by atoms with E-state index in [2.05, 4.69) is 0 Å². The predicted octanol–water partition coefficient (Wildman–Crippen LogP) is -2.27. The van der Waals surface area contributed by atoms with E-state index in [0.29, 0.717) is 5.75 Å². The molecule has 1 N–H and O–H groups in total. The molecule has 0 fully saturated rings. The van der Waals surface area contributed by atoms with Crippen molar-refractivity contribution in [3.63, 3.8) is 0 Å². The predicted molar refractivity (Wildman–Crippen MR) is 27.0 cm³/mol. The molecule has 0 heterocycles. The van der Waals surface area contributed by atoms with Crippen LogP contribution in [0.4, 0.5) is 0 Å². The molecule has 0 aromatic rings. The Balaban J connectivity index is -0.000000125. The molecule has 0 aromatic heterocycles. The van der Waals surface area contributed by atoms with Gasteiger partial charge >= 0.3 is 51.4 Å². The summed E-state index contributed by atoms with van der Waals surface area (Å²) in [5.41, 5.74) is 0. The summed E-state index contributed by atoms with van der Waals surface area (Å²) in [4.78, 5) is 0. The van der Waals surface area contributed by atoms with E-state index in [9.17, 15) is 4.21 Å². The van der Waals surface area contributed by atoms with Crippen LogP contribution >= 0.6 is 0 Å². The molecule has 0 bridgehead atoms. The Kier molecular flexibility index (Phi) is 12.8. The van der Waals surface area contributed by atoms with Gasteiger partial charge in [-0.2, -0.15) is 0 Å². The van der Waals surface area contributed by atoms with E-state index in [-0.39, 0.29) is 52.8 Å². The van der Waals surface area contributed by atoms with Gasteiger partial charge in [0.1, 0.15) is 0 Å². The fourth-order valence-corrected chi connectivity index (χ4v) is 0.524. The van der Waals surface area contributed by atoms with Crippen LogP contribution in [0, 0.1) is 0 Å². The maximum Gasteiger partial charge on any atom is 1.00 e. The minimum Gasteiger partial charge on any atom is -1.00 e. The van der Waals surface area contributed by atoms with Crippen molar-refractivity contribution in [3.05, 3.63) is 0 Å². The van der Waals surface area contributed by atoms with Gasteiger partial charge < -0.3 is 5.98 Å². The maximum atomic E-state index is 9.71. The van der Waals surface area contributed by atoms with Crippen molar-refractivity contribution >= 4 is 11.1 Å². The minimum absolute atomic E-state index is 0. The zero-order chi connectivity index (χ0) is 4.99. The topological polar surface area (TPSA) is 37.3 Å². The van der Waals surface area contributed by atoms with E-state index < -0.39 is 11.1 Å². The smallest absolute Gasteiger partial charge is 1.00 e. The molecule has 2 nitrogen and oxygen atoms in total. The van der Waals surface area contributed by atoms with E-state index >= 15 is 0 Å². The summed E-state index contributed by atoms with van der Waals surface area (Å²) in [5, 5.41) is 0. The van der Waals surface area contributed by atoms with E-state index in [4.69, 9.17) is 4.55 Å². The summed E-state index contributed by atoms with van der Waals surface area (Å²) in [6, 6.07) is 0. The summed E-state index contributed by atoms with van der Waals surface area (Å²) < 4.78 is 17.7. The van der Waals surface area contributed by atoms with Crippen molar-refractivity contribution in [1.29, 1.82) is 0 Å². The maximum absolute atomic E-state index is 9.71. The number of hydrogen-bond acceptors (Lipinski definition) is 1. The SMILES string of the molecule is CCCS(=O)O.[H-].[K+]. The monoisotopic (exact) mass is 148 g/mol. The molecule has 40 valence electrons. The summed E-state index contributed by atoms with van der Waals surface area (Å²) in [6.07, 6.45) is 0.781. The Labute approximate surface area is 90.3 Å². The van der Waals surface area contributed by atoms with Crippen LogP contribution in [0.5, 0.6) is 0 Å². The summed E-state index contributed by atoms with van der Waals surface area (Å²) in [7, 11) is 0. The molecule has 0 aliphatic heterocycles. The Bertz CT molecular complexity index is 61.2. The molecule has 4 heteroatoms. The van der Waals surface area contributed by atoms with Crippen LogP contribution in [0.2, 0.25) is 0 Å². The number of hydrogen-bond donors (Lipinski definition) is 1. The number of rotatable bonds is 2. The minimum atomic E-state index is -1.57. The zero-order valence-corrected chi connectivity index (χ0v) is 8.62. The first-order valence-corrected chi connectivity index (χ1v) is 3.12. The molecular formula is C3H9KO2S. The quantitative estimate of drug-likeness (QED) is 0.354. The van der Waals surface area contributed by atoms with Crippen molar-refractivity contribution in [1.82, 2.24) is 0 Å². The third kappa shape index (κ3) is 11.4. The van der Waals surface area contributed by atoms with Crippen molar-refractivity contribution in [2.75, 3.05) is 5.75 Å². The van der Waals surface area contributed by atoms with E-state index in [1.165, 1.54) is 0 Å². The normalized spacial score (nSPS) is 12.3.